The van der Waals surface area contributed by atoms with Gasteiger partial charge in [-0.15, -0.1) is 0 Å². The van der Waals surface area contributed by atoms with Gasteiger partial charge in [-0.3, -0.25) is 9.48 Å². The molecule has 0 bridgehead atoms. The molecule has 1 unspecified atom stereocenters. The van der Waals surface area contributed by atoms with Crippen LogP contribution in [0.2, 0.25) is 5.02 Å². The molecule has 6 nitrogen and oxygen atoms in total. The number of pyridine rings is 1. The number of rotatable bonds is 5. The van der Waals surface area contributed by atoms with E-state index in [0.29, 0.717) is 17.1 Å². The Labute approximate surface area is 140 Å². The summed E-state index contributed by atoms with van der Waals surface area (Å²) in [6.07, 6.45) is 7.01. The van der Waals surface area contributed by atoms with Crippen molar-refractivity contribution in [2.45, 2.75) is 32.4 Å². The van der Waals surface area contributed by atoms with Gasteiger partial charge in [0.1, 0.15) is 5.82 Å². The molecule has 23 heavy (non-hydrogen) atoms. The molecule has 1 saturated heterocycles. The van der Waals surface area contributed by atoms with Crippen molar-refractivity contribution in [2.24, 2.45) is 0 Å². The maximum Gasteiger partial charge on any atom is 0.254 e. The van der Waals surface area contributed by atoms with Crippen LogP contribution in [0.4, 0.5) is 5.82 Å². The summed E-state index contributed by atoms with van der Waals surface area (Å²) in [5.74, 6) is 0.702. The van der Waals surface area contributed by atoms with E-state index in [0.717, 1.165) is 31.7 Å². The van der Waals surface area contributed by atoms with Gasteiger partial charge in [0.05, 0.1) is 16.8 Å². The van der Waals surface area contributed by atoms with E-state index >= 15 is 0 Å². The third kappa shape index (κ3) is 3.64. The van der Waals surface area contributed by atoms with Crippen LogP contribution in [0.15, 0.2) is 30.7 Å². The Morgan fingerprint density at radius 3 is 3.17 bits per heavy atom. The third-order valence-corrected chi connectivity index (χ3v) is 4.21. The maximum atomic E-state index is 12.3. The number of aryl methyl sites for hydroxylation is 1. The maximum absolute atomic E-state index is 12.3. The highest BCUT2D eigenvalue weighted by Crippen LogP contribution is 2.25. The van der Waals surface area contributed by atoms with Gasteiger partial charge in [-0.05, 0) is 25.0 Å². The minimum absolute atomic E-state index is 0.0775. The number of carbonyl (C=O) groups excluding carboxylic acids is 1. The van der Waals surface area contributed by atoms with E-state index in [9.17, 15) is 4.79 Å². The fraction of sp³-hybridized carbons (Fsp3) is 0.438. The SMILES string of the molecule is CCCn1cc(C(=O)NC2CCN(c3ncccc3Cl)C2)cn1. The summed E-state index contributed by atoms with van der Waals surface area (Å²) in [6, 6.07) is 3.74. The average Bonchev–Trinajstić information content (AvgIpc) is 3.18. The van der Waals surface area contributed by atoms with Gasteiger partial charge in [0.25, 0.3) is 5.91 Å². The first kappa shape index (κ1) is 15.8. The second-order valence-corrected chi connectivity index (χ2v) is 6.11. The lowest BCUT2D eigenvalue weighted by Crippen LogP contribution is -2.37. The van der Waals surface area contributed by atoms with Crippen molar-refractivity contribution in [3.8, 4) is 0 Å². The first-order chi connectivity index (χ1) is 11.2. The highest BCUT2D eigenvalue weighted by molar-refractivity contribution is 6.32. The minimum Gasteiger partial charge on any atom is -0.353 e. The van der Waals surface area contributed by atoms with Crippen LogP contribution in [0.25, 0.3) is 0 Å². The van der Waals surface area contributed by atoms with Gasteiger partial charge in [-0.1, -0.05) is 18.5 Å². The lowest BCUT2D eigenvalue weighted by Gasteiger charge is -2.18. The molecule has 0 radical (unpaired) electrons. The van der Waals surface area contributed by atoms with Crippen molar-refractivity contribution in [3.63, 3.8) is 0 Å². The smallest absolute Gasteiger partial charge is 0.254 e. The van der Waals surface area contributed by atoms with E-state index < -0.39 is 0 Å². The molecule has 0 saturated carbocycles. The number of halogens is 1. The number of hydrogen-bond acceptors (Lipinski definition) is 4. The number of nitrogens with zero attached hydrogens (tertiary/aromatic N) is 4. The van der Waals surface area contributed by atoms with Crippen LogP contribution in [-0.2, 0) is 6.54 Å². The summed E-state index contributed by atoms with van der Waals surface area (Å²) < 4.78 is 1.80. The van der Waals surface area contributed by atoms with E-state index in [1.807, 2.05) is 12.1 Å². The molecule has 1 N–H and O–H groups in total. The van der Waals surface area contributed by atoms with Crippen molar-refractivity contribution in [3.05, 3.63) is 41.3 Å². The van der Waals surface area contributed by atoms with Gasteiger partial charge in [-0.2, -0.15) is 5.10 Å². The predicted octanol–water partition coefficient (Wildman–Crippen LogP) is 2.35. The molecular weight excluding hydrogens is 314 g/mol. The van der Waals surface area contributed by atoms with E-state index in [1.165, 1.54) is 0 Å². The zero-order valence-corrected chi connectivity index (χ0v) is 13.8. The van der Waals surface area contributed by atoms with E-state index in [2.05, 4.69) is 27.2 Å². The van der Waals surface area contributed by atoms with Crippen molar-refractivity contribution in [1.29, 1.82) is 0 Å². The third-order valence-electron chi connectivity index (χ3n) is 3.91. The molecule has 1 aliphatic heterocycles. The lowest BCUT2D eigenvalue weighted by molar-refractivity contribution is 0.0940. The fourth-order valence-corrected chi connectivity index (χ4v) is 3.02. The molecule has 0 aromatic carbocycles. The Balaban J connectivity index is 1.59. The molecule has 122 valence electrons. The standard InChI is InChI=1S/C16H20ClN5O/c1-2-7-22-10-12(9-19-22)16(23)20-13-5-8-21(11-13)15-14(17)4-3-6-18-15/h3-4,6,9-10,13H,2,5,7-8,11H2,1H3,(H,20,23). The Morgan fingerprint density at radius 1 is 1.52 bits per heavy atom. The highest BCUT2D eigenvalue weighted by atomic mass is 35.5. The topological polar surface area (TPSA) is 63.1 Å². The molecule has 7 heteroatoms. The van der Waals surface area contributed by atoms with Crippen LogP contribution in [0.5, 0.6) is 0 Å². The van der Waals surface area contributed by atoms with Crippen LogP contribution in [0.3, 0.4) is 0 Å². The zero-order valence-electron chi connectivity index (χ0n) is 13.1. The molecule has 2 aromatic heterocycles. The Bertz CT molecular complexity index is 687. The first-order valence-corrected chi connectivity index (χ1v) is 8.24. The van der Waals surface area contributed by atoms with Crippen LogP contribution >= 0.6 is 11.6 Å². The van der Waals surface area contributed by atoms with Crippen LogP contribution in [-0.4, -0.2) is 39.8 Å². The Kier molecular flexibility index (Phi) is 4.81. The molecule has 3 heterocycles. The highest BCUT2D eigenvalue weighted by Gasteiger charge is 2.26. The number of amides is 1. The summed E-state index contributed by atoms with van der Waals surface area (Å²) in [5, 5.41) is 7.90. The second kappa shape index (κ2) is 7.00. The van der Waals surface area contributed by atoms with Gasteiger partial charge in [0, 0.05) is 38.1 Å². The summed E-state index contributed by atoms with van der Waals surface area (Å²) in [6.45, 7) is 4.45. The summed E-state index contributed by atoms with van der Waals surface area (Å²) in [5.41, 5.74) is 0.604. The molecule has 1 aliphatic rings. The molecule has 1 fully saturated rings. The van der Waals surface area contributed by atoms with Gasteiger partial charge < -0.3 is 10.2 Å². The number of carbonyl (C=O) groups is 1. The monoisotopic (exact) mass is 333 g/mol. The van der Waals surface area contributed by atoms with Crippen molar-refractivity contribution < 1.29 is 4.79 Å². The van der Waals surface area contributed by atoms with Crippen molar-refractivity contribution in [2.75, 3.05) is 18.0 Å². The molecule has 3 rings (SSSR count). The molecule has 1 amide bonds. The van der Waals surface area contributed by atoms with Crippen molar-refractivity contribution >= 4 is 23.3 Å². The average molecular weight is 334 g/mol. The molecule has 0 aliphatic carbocycles. The zero-order chi connectivity index (χ0) is 16.2. The Hall–Kier alpha value is -2.08. The van der Waals surface area contributed by atoms with E-state index in [4.69, 9.17) is 11.6 Å². The van der Waals surface area contributed by atoms with Gasteiger partial charge in [0.2, 0.25) is 0 Å². The number of nitrogens with one attached hydrogen (secondary N) is 1. The molecule has 1 atom stereocenters. The molecule has 0 spiro atoms. The quantitative estimate of drug-likeness (QED) is 0.912. The number of anilines is 1. The number of aromatic nitrogens is 3. The second-order valence-electron chi connectivity index (χ2n) is 5.71. The fourth-order valence-electron chi connectivity index (χ4n) is 2.78. The first-order valence-electron chi connectivity index (χ1n) is 7.86. The number of hydrogen-bond donors (Lipinski definition) is 1. The van der Waals surface area contributed by atoms with Gasteiger partial charge in [-0.25, -0.2) is 4.98 Å². The van der Waals surface area contributed by atoms with Crippen LogP contribution < -0.4 is 10.2 Å². The van der Waals surface area contributed by atoms with E-state index in [1.54, 1.807) is 23.3 Å². The van der Waals surface area contributed by atoms with E-state index in [-0.39, 0.29) is 11.9 Å². The molecule has 2 aromatic rings. The largest absolute Gasteiger partial charge is 0.353 e. The van der Waals surface area contributed by atoms with Crippen LogP contribution in [0, 0.1) is 0 Å². The molecular formula is C16H20ClN5O. The van der Waals surface area contributed by atoms with Crippen molar-refractivity contribution in [1.82, 2.24) is 20.1 Å². The Morgan fingerprint density at radius 2 is 2.39 bits per heavy atom. The predicted molar refractivity (Wildman–Crippen MR) is 89.8 cm³/mol. The summed E-state index contributed by atoms with van der Waals surface area (Å²) >= 11 is 6.18. The summed E-state index contributed by atoms with van der Waals surface area (Å²) in [7, 11) is 0. The summed E-state index contributed by atoms with van der Waals surface area (Å²) in [4.78, 5) is 18.7. The van der Waals surface area contributed by atoms with Crippen LogP contribution in [0.1, 0.15) is 30.1 Å². The van der Waals surface area contributed by atoms with Gasteiger partial charge >= 0.3 is 0 Å². The van der Waals surface area contributed by atoms with Gasteiger partial charge in [0.15, 0.2) is 0 Å². The lowest BCUT2D eigenvalue weighted by atomic mass is 10.2. The minimum atomic E-state index is -0.0775. The normalized spacial score (nSPS) is 17.5.